The fraction of sp³-hybridized carbons (Fsp3) is 0.500. The van der Waals surface area contributed by atoms with Crippen molar-refractivity contribution >= 4 is 5.91 Å². The summed E-state index contributed by atoms with van der Waals surface area (Å²) in [5, 5.41) is 2.74. The monoisotopic (exact) mass is 268 g/mol. The minimum absolute atomic E-state index is 0.0590. The van der Waals surface area contributed by atoms with E-state index < -0.39 is 5.82 Å². The van der Waals surface area contributed by atoms with Crippen molar-refractivity contribution in [1.29, 1.82) is 0 Å². The maximum Gasteiger partial charge on any atom is 0.258 e. The van der Waals surface area contributed by atoms with E-state index in [1.807, 2.05) is 13.8 Å². The van der Waals surface area contributed by atoms with Gasteiger partial charge in [0.1, 0.15) is 0 Å². The highest BCUT2D eigenvalue weighted by molar-refractivity contribution is 5.77. The molecule has 1 aromatic rings. The molecule has 0 heterocycles. The van der Waals surface area contributed by atoms with Gasteiger partial charge >= 0.3 is 0 Å². The lowest BCUT2D eigenvalue weighted by Crippen LogP contribution is -2.35. The van der Waals surface area contributed by atoms with Gasteiger partial charge in [-0.15, -0.1) is 0 Å². The van der Waals surface area contributed by atoms with Gasteiger partial charge in [0.25, 0.3) is 5.91 Å². The third-order valence-corrected chi connectivity index (χ3v) is 2.86. The molecule has 0 aliphatic carbocycles. The lowest BCUT2D eigenvalue weighted by Gasteiger charge is -2.13. The topological polar surface area (TPSA) is 64.3 Å². The fourth-order valence-electron chi connectivity index (χ4n) is 1.48. The quantitative estimate of drug-likeness (QED) is 0.830. The van der Waals surface area contributed by atoms with Crippen LogP contribution < -0.4 is 15.8 Å². The molecule has 19 heavy (non-hydrogen) atoms. The van der Waals surface area contributed by atoms with Crippen LogP contribution in [0.3, 0.4) is 0 Å². The average Bonchev–Trinajstić information content (AvgIpc) is 2.36. The van der Waals surface area contributed by atoms with Crippen molar-refractivity contribution in [3.05, 3.63) is 29.6 Å². The fourth-order valence-corrected chi connectivity index (χ4v) is 1.48. The summed E-state index contributed by atoms with van der Waals surface area (Å²) in [6.07, 6.45) is 0.836. The first kappa shape index (κ1) is 15.4. The Kier molecular flexibility index (Phi) is 5.76. The first-order chi connectivity index (χ1) is 8.93. The first-order valence-corrected chi connectivity index (χ1v) is 6.41. The molecule has 1 aromatic carbocycles. The summed E-state index contributed by atoms with van der Waals surface area (Å²) in [5.41, 5.74) is 6.34. The summed E-state index contributed by atoms with van der Waals surface area (Å²) in [6.45, 7) is 5.45. The van der Waals surface area contributed by atoms with E-state index in [-0.39, 0.29) is 30.3 Å². The van der Waals surface area contributed by atoms with Gasteiger partial charge in [-0.05, 0) is 38.0 Å². The minimum Gasteiger partial charge on any atom is -0.481 e. The van der Waals surface area contributed by atoms with E-state index in [0.29, 0.717) is 5.56 Å². The zero-order valence-electron chi connectivity index (χ0n) is 11.6. The highest BCUT2D eigenvalue weighted by atomic mass is 19.1. The van der Waals surface area contributed by atoms with E-state index in [1.165, 1.54) is 12.1 Å². The van der Waals surface area contributed by atoms with E-state index in [9.17, 15) is 9.18 Å². The Morgan fingerprint density at radius 2 is 2.16 bits per heavy atom. The number of nitrogens with two attached hydrogens (primary N) is 1. The van der Waals surface area contributed by atoms with Crippen molar-refractivity contribution < 1.29 is 13.9 Å². The van der Waals surface area contributed by atoms with Crippen LogP contribution in [-0.2, 0) is 4.79 Å². The summed E-state index contributed by atoms with van der Waals surface area (Å²) in [4.78, 5) is 11.5. The number of carbonyl (C=O) groups excluding carboxylic acids is 1. The molecular formula is C14H21FN2O2. The minimum atomic E-state index is -0.508. The Morgan fingerprint density at radius 1 is 1.47 bits per heavy atom. The van der Waals surface area contributed by atoms with Crippen LogP contribution in [0, 0.1) is 5.82 Å². The predicted molar refractivity (Wildman–Crippen MR) is 72.4 cm³/mol. The third-order valence-electron chi connectivity index (χ3n) is 2.86. The van der Waals surface area contributed by atoms with Crippen molar-refractivity contribution in [2.75, 3.05) is 6.61 Å². The molecule has 4 nitrogen and oxygen atoms in total. The highest BCUT2D eigenvalue weighted by Gasteiger charge is 2.10. The molecule has 0 saturated carbocycles. The normalized spacial score (nSPS) is 13.7. The summed E-state index contributed by atoms with van der Waals surface area (Å²) in [5.74, 6) is -0.708. The molecule has 0 aliphatic heterocycles. The lowest BCUT2D eigenvalue weighted by atomic mass is 10.1. The van der Waals surface area contributed by atoms with Crippen LogP contribution in [0.5, 0.6) is 5.75 Å². The molecule has 106 valence electrons. The number of benzene rings is 1. The first-order valence-electron chi connectivity index (χ1n) is 6.41. The summed E-state index contributed by atoms with van der Waals surface area (Å²) in [6, 6.07) is 4.35. The molecule has 2 unspecified atom stereocenters. The molecule has 0 aliphatic rings. The third kappa shape index (κ3) is 4.87. The van der Waals surface area contributed by atoms with Crippen LogP contribution >= 0.6 is 0 Å². The maximum absolute atomic E-state index is 13.7. The van der Waals surface area contributed by atoms with Crippen LogP contribution in [0.15, 0.2) is 18.2 Å². The Balaban J connectivity index is 2.56. The van der Waals surface area contributed by atoms with Crippen LogP contribution in [0.4, 0.5) is 4.39 Å². The Bertz CT molecular complexity index is 435. The number of nitrogens with one attached hydrogen (secondary N) is 1. The van der Waals surface area contributed by atoms with Gasteiger partial charge in [0.2, 0.25) is 0 Å². The molecule has 0 radical (unpaired) electrons. The number of hydrogen-bond donors (Lipinski definition) is 2. The number of hydrogen-bond acceptors (Lipinski definition) is 3. The second-order valence-electron chi connectivity index (χ2n) is 4.64. The molecule has 1 rings (SSSR count). The van der Waals surface area contributed by atoms with Gasteiger partial charge in [0, 0.05) is 12.1 Å². The molecule has 1 amide bonds. The Hall–Kier alpha value is -1.62. The molecule has 0 saturated heterocycles. The van der Waals surface area contributed by atoms with Crippen molar-refractivity contribution in [3.63, 3.8) is 0 Å². The van der Waals surface area contributed by atoms with E-state index in [1.54, 1.807) is 13.0 Å². The number of rotatable bonds is 6. The number of carbonyl (C=O) groups is 1. The van der Waals surface area contributed by atoms with Gasteiger partial charge in [-0.25, -0.2) is 4.39 Å². The zero-order valence-corrected chi connectivity index (χ0v) is 11.6. The standard InChI is InChI=1S/C14H21FN2O2/c1-4-9(2)17-14(18)8-19-13-6-5-11(10(3)16)7-12(13)15/h5-7,9-10H,4,8,16H2,1-3H3,(H,17,18). The molecule has 0 aromatic heterocycles. The van der Waals surface area contributed by atoms with Crippen LogP contribution in [-0.4, -0.2) is 18.6 Å². The average molecular weight is 268 g/mol. The van der Waals surface area contributed by atoms with Crippen molar-refractivity contribution in [3.8, 4) is 5.75 Å². The van der Waals surface area contributed by atoms with Gasteiger partial charge in [-0.2, -0.15) is 0 Å². The van der Waals surface area contributed by atoms with E-state index in [2.05, 4.69) is 5.32 Å². The van der Waals surface area contributed by atoms with Crippen molar-refractivity contribution in [2.45, 2.75) is 39.3 Å². The van der Waals surface area contributed by atoms with Crippen molar-refractivity contribution in [2.24, 2.45) is 5.73 Å². The molecule has 0 fully saturated rings. The number of halogens is 1. The van der Waals surface area contributed by atoms with E-state index in [0.717, 1.165) is 6.42 Å². The second-order valence-corrected chi connectivity index (χ2v) is 4.64. The van der Waals surface area contributed by atoms with Gasteiger partial charge < -0.3 is 15.8 Å². The van der Waals surface area contributed by atoms with Gasteiger partial charge in [0.15, 0.2) is 18.2 Å². The predicted octanol–water partition coefficient (Wildman–Crippen LogP) is 2.14. The molecule has 5 heteroatoms. The smallest absolute Gasteiger partial charge is 0.258 e. The summed E-state index contributed by atoms with van der Waals surface area (Å²) >= 11 is 0. The van der Waals surface area contributed by atoms with Gasteiger partial charge in [-0.3, -0.25) is 4.79 Å². The van der Waals surface area contributed by atoms with Crippen LogP contribution in [0.25, 0.3) is 0 Å². The highest BCUT2D eigenvalue weighted by Crippen LogP contribution is 2.20. The Morgan fingerprint density at radius 3 is 2.68 bits per heavy atom. The SMILES string of the molecule is CCC(C)NC(=O)COc1ccc(C(C)N)cc1F. The zero-order chi connectivity index (χ0) is 14.4. The van der Waals surface area contributed by atoms with Crippen molar-refractivity contribution in [1.82, 2.24) is 5.32 Å². The largest absolute Gasteiger partial charge is 0.481 e. The molecule has 2 atom stereocenters. The number of ether oxygens (including phenoxy) is 1. The maximum atomic E-state index is 13.7. The molecule has 3 N–H and O–H groups in total. The second kappa shape index (κ2) is 7.09. The van der Waals surface area contributed by atoms with E-state index in [4.69, 9.17) is 10.5 Å². The molecular weight excluding hydrogens is 247 g/mol. The molecule has 0 spiro atoms. The van der Waals surface area contributed by atoms with Gasteiger partial charge in [-0.1, -0.05) is 13.0 Å². The van der Waals surface area contributed by atoms with E-state index >= 15 is 0 Å². The van der Waals surface area contributed by atoms with Crippen LogP contribution in [0.1, 0.15) is 38.8 Å². The molecule has 0 bridgehead atoms. The summed E-state index contributed by atoms with van der Waals surface area (Å²) < 4.78 is 18.8. The van der Waals surface area contributed by atoms with Crippen LogP contribution in [0.2, 0.25) is 0 Å². The Labute approximate surface area is 113 Å². The number of amides is 1. The summed E-state index contributed by atoms with van der Waals surface area (Å²) in [7, 11) is 0. The van der Waals surface area contributed by atoms with Gasteiger partial charge in [0.05, 0.1) is 0 Å². The lowest BCUT2D eigenvalue weighted by molar-refractivity contribution is -0.123.